The Morgan fingerprint density at radius 1 is 1.03 bits per heavy atom. The summed E-state index contributed by atoms with van der Waals surface area (Å²) in [6, 6.07) is 16.0. The van der Waals surface area contributed by atoms with Crippen LogP contribution in [0.1, 0.15) is 50.5 Å². The summed E-state index contributed by atoms with van der Waals surface area (Å²) in [6.45, 7) is 3.00. The van der Waals surface area contributed by atoms with E-state index in [0.717, 1.165) is 22.3 Å². The third-order valence-electron chi connectivity index (χ3n) is 6.15. The molecule has 1 aliphatic rings. The second-order valence-electron chi connectivity index (χ2n) is 8.19. The maximum Gasteiger partial charge on any atom is 0.407 e. The smallest absolute Gasteiger partial charge is 0.407 e. The number of aromatic carboxylic acids is 1. The molecule has 8 nitrogen and oxygen atoms in total. The Morgan fingerprint density at radius 2 is 1.61 bits per heavy atom. The molecule has 1 aromatic heterocycles. The molecule has 0 radical (unpaired) electrons. The minimum absolute atomic E-state index is 0.0562. The largest absolute Gasteiger partial charge is 0.478 e. The van der Waals surface area contributed by atoms with E-state index in [1.807, 2.05) is 48.5 Å². The Balaban J connectivity index is 1.36. The fourth-order valence-electron chi connectivity index (χ4n) is 4.53. The van der Waals surface area contributed by atoms with Crippen molar-refractivity contribution in [2.45, 2.75) is 32.0 Å². The number of aryl methyl sites for hydroxylation is 1. The topological polar surface area (TPSA) is 132 Å². The minimum Gasteiger partial charge on any atom is -0.478 e. The highest BCUT2D eigenvalue weighted by atomic mass is 16.5. The van der Waals surface area contributed by atoms with Gasteiger partial charge >= 0.3 is 12.1 Å². The summed E-state index contributed by atoms with van der Waals surface area (Å²) in [5.74, 6) is -1.21. The lowest BCUT2D eigenvalue weighted by molar-refractivity contribution is 0.0159. The summed E-state index contributed by atoms with van der Waals surface area (Å²) in [6.07, 6.45) is -3.47. The molecule has 2 aromatic carbocycles. The van der Waals surface area contributed by atoms with Gasteiger partial charge in [0.25, 0.3) is 0 Å². The lowest BCUT2D eigenvalue weighted by Crippen LogP contribution is -2.36. The summed E-state index contributed by atoms with van der Waals surface area (Å²) >= 11 is 0. The standard InChI is InChI=1S/C25H26N2O6/c1-13-21(24(30)31)14(2)27-22(13)23(29)20(28)11-26-25(32)33-12-19-17-9-5-3-7-15(17)16-8-4-6-10-18(16)19/h3-10,19-20,23,27-29H,11-12H2,1-2H3,(H,26,32)(H,30,31). The van der Waals surface area contributed by atoms with Crippen molar-refractivity contribution in [3.63, 3.8) is 0 Å². The average molecular weight is 450 g/mol. The highest BCUT2D eigenvalue weighted by molar-refractivity contribution is 5.91. The maximum absolute atomic E-state index is 12.3. The second-order valence-corrected chi connectivity index (χ2v) is 8.19. The van der Waals surface area contributed by atoms with Gasteiger partial charge in [-0.05, 0) is 41.7 Å². The van der Waals surface area contributed by atoms with Crippen LogP contribution < -0.4 is 5.32 Å². The number of fused-ring (bicyclic) bond motifs is 3. The molecule has 0 spiro atoms. The van der Waals surface area contributed by atoms with Gasteiger partial charge in [0.15, 0.2) is 0 Å². The van der Waals surface area contributed by atoms with E-state index in [1.165, 1.54) is 0 Å². The molecule has 1 aliphatic carbocycles. The highest BCUT2D eigenvalue weighted by Crippen LogP contribution is 2.44. The number of carbonyl (C=O) groups is 2. The van der Waals surface area contributed by atoms with E-state index in [-0.39, 0.29) is 30.3 Å². The Morgan fingerprint density at radius 3 is 2.15 bits per heavy atom. The van der Waals surface area contributed by atoms with Crippen molar-refractivity contribution >= 4 is 12.1 Å². The van der Waals surface area contributed by atoms with Gasteiger partial charge in [0, 0.05) is 18.2 Å². The van der Waals surface area contributed by atoms with Crippen molar-refractivity contribution in [1.29, 1.82) is 0 Å². The van der Waals surface area contributed by atoms with Gasteiger partial charge in [-0.2, -0.15) is 0 Å². The first-order valence-corrected chi connectivity index (χ1v) is 10.7. The molecule has 3 aromatic rings. The van der Waals surface area contributed by atoms with E-state index >= 15 is 0 Å². The average Bonchev–Trinajstić information content (AvgIpc) is 3.29. The molecule has 172 valence electrons. The van der Waals surface area contributed by atoms with Crippen LogP contribution in [0.4, 0.5) is 4.79 Å². The van der Waals surface area contributed by atoms with Crippen LogP contribution in [-0.4, -0.2) is 51.6 Å². The molecule has 33 heavy (non-hydrogen) atoms. The van der Waals surface area contributed by atoms with Crippen LogP contribution in [0.15, 0.2) is 48.5 Å². The summed E-state index contributed by atoms with van der Waals surface area (Å²) in [5, 5.41) is 32.6. The lowest BCUT2D eigenvalue weighted by Gasteiger charge is -2.19. The number of aromatic amines is 1. The highest BCUT2D eigenvalue weighted by Gasteiger charge is 2.30. The summed E-state index contributed by atoms with van der Waals surface area (Å²) in [7, 11) is 0. The number of hydrogen-bond donors (Lipinski definition) is 5. The molecular formula is C25H26N2O6. The number of H-pyrrole nitrogens is 1. The van der Waals surface area contributed by atoms with E-state index < -0.39 is 24.3 Å². The van der Waals surface area contributed by atoms with Crippen molar-refractivity contribution in [1.82, 2.24) is 10.3 Å². The van der Waals surface area contributed by atoms with E-state index in [0.29, 0.717) is 11.3 Å². The summed E-state index contributed by atoms with van der Waals surface area (Å²) in [4.78, 5) is 26.5. The number of benzene rings is 2. The quantitative estimate of drug-likeness (QED) is 0.375. The first-order valence-electron chi connectivity index (χ1n) is 10.7. The number of hydrogen-bond acceptors (Lipinski definition) is 5. The van der Waals surface area contributed by atoms with Crippen LogP contribution in [0.2, 0.25) is 0 Å². The van der Waals surface area contributed by atoms with Gasteiger partial charge < -0.3 is 30.4 Å². The van der Waals surface area contributed by atoms with Crippen molar-refractivity contribution < 1.29 is 29.6 Å². The van der Waals surface area contributed by atoms with E-state index in [2.05, 4.69) is 10.3 Å². The second kappa shape index (κ2) is 9.09. The van der Waals surface area contributed by atoms with Crippen molar-refractivity contribution in [2.75, 3.05) is 13.2 Å². The van der Waals surface area contributed by atoms with Gasteiger partial charge in [0.05, 0.1) is 11.3 Å². The van der Waals surface area contributed by atoms with Crippen LogP contribution >= 0.6 is 0 Å². The van der Waals surface area contributed by atoms with Gasteiger partial charge in [-0.1, -0.05) is 48.5 Å². The van der Waals surface area contributed by atoms with E-state index in [9.17, 15) is 24.9 Å². The van der Waals surface area contributed by atoms with Crippen LogP contribution in [0, 0.1) is 13.8 Å². The molecule has 1 heterocycles. The number of aliphatic hydroxyl groups excluding tert-OH is 2. The number of alkyl carbamates (subject to hydrolysis) is 1. The van der Waals surface area contributed by atoms with Crippen LogP contribution in [0.3, 0.4) is 0 Å². The number of rotatable bonds is 7. The van der Waals surface area contributed by atoms with Crippen molar-refractivity contribution in [2.24, 2.45) is 0 Å². The maximum atomic E-state index is 12.3. The fourth-order valence-corrected chi connectivity index (χ4v) is 4.53. The van der Waals surface area contributed by atoms with E-state index in [4.69, 9.17) is 4.74 Å². The molecule has 0 fully saturated rings. The zero-order chi connectivity index (χ0) is 23.7. The number of amides is 1. The molecule has 8 heteroatoms. The van der Waals surface area contributed by atoms with Gasteiger partial charge in [-0.15, -0.1) is 0 Å². The molecule has 2 unspecified atom stereocenters. The Hall–Kier alpha value is -3.62. The Bertz CT molecular complexity index is 1160. The van der Waals surface area contributed by atoms with Crippen molar-refractivity contribution in [3.8, 4) is 11.1 Å². The molecule has 1 amide bonds. The summed E-state index contributed by atoms with van der Waals surface area (Å²) < 4.78 is 5.43. The first-order chi connectivity index (χ1) is 15.8. The van der Waals surface area contributed by atoms with Gasteiger partial charge in [0.2, 0.25) is 0 Å². The molecule has 0 bridgehead atoms. The predicted octanol–water partition coefficient (Wildman–Crippen LogP) is 3.26. The fraction of sp³-hybridized carbons (Fsp3) is 0.280. The molecule has 4 rings (SSSR count). The van der Waals surface area contributed by atoms with Crippen LogP contribution in [-0.2, 0) is 4.74 Å². The summed E-state index contributed by atoms with van der Waals surface area (Å²) in [5.41, 5.74) is 5.41. The SMILES string of the molecule is Cc1[nH]c(C(O)C(O)CNC(=O)OCC2c3ccccc3-c3ccccc32)c(C)c1C(=O)O. The number of carboxylic acids is 1. The van der Waals surface area contributed by atoms with Gasteiger partial charge in [-0.3, -0.25) is 0 Å². The van der Waals surface area contributed by atoms with Crippen LogP contribution in [0.5, 0.6) is 0 Å². The third kappa shape index (κ3) is 4.22. The number of aliphatic hydroxyl groups is 2. The molecule has 0 aliphatic heterocycles. The number of carboxylic acid groups (broad SMARTS) is 1. The number of aromatic nitrogens is 1. The first kappa shape index (κ1) is 22.6. The third-order valence-corrected chi connectivity index (χ3v) is 6.15. The molecule has 2 atom stereocenters. The van der Waals surface area contributed by atoms with Crippen molar-refractivity contribution in [3.05, 3.63) is 82.2 Å². The molecular weight excluding hydrogens is 424 g/mol. The number of carbonyl (C=O) groups excluding carboxylic acids is 1. The monoisotopic (exact) mass is 450 g/mol. The zero-order valence-electron chi connectivity index (χ0n) is 18.3. The van der Waals surface area contributed by atoms with Gasteiger partial charge in [-0.25, -0.2) is 9.59 Å². The molecule has 5 N–H and O–H groups in total. The minimum atomic E-state index is -1.40. The van der Waals surface area contributed by atoms with E-state index in [1.54, 1.807) is 13.8 Å². The Kier molecular flexibility index (Phi) is 6.22. The number of ether oxygens (including phenoxy) is 1. The lowest BCUT2D eigenvalue weighted by atomic mass is 9.98. The zero-order valence-corrected chi connectivity index (χ0v) is 18.3. The Labute approximate surface area is 190 Å². The van der Waals surface area contributed by atoms with Crippen LogP contribution in [0.25, 0.3) is 11.1 Å². The normalized spacial score (nSPS) is 14.3. The van der Waals surface area contributed by atoms with Gasteiger partial charge in [0.1, 0.15) is 18.8 Å². The molecule has 0 saturated heterocycles. The predicted molar refractivity (Wildman–Crippen MR) is 121 cm³/mol. The number of nitrogens with one attached hydrogen (secondary N) is 2. The molecule has 0 saturated carbocycles.